The molecule has 0 amide bonds. The molecule has 0 fully saturated rings. The van der Waals surface area contributed by atoms with E-state index in [2.05, 4.69) is 39.6 Å². The second-order valence-corrected chi connectivity index (χ2v) is 5.97. The number of nitrogens with zero attached hydrogens (tertiary/aromatic N) is 3. The van der Waals surface area contributed by atoms with E-state index in [4.69, 9.17) is 9.26 Å². The maximum absolute atomic E-state index is 5.34. The topological polar surface area (TPSA) is 85.1 Å². The average Bonchev–Trinajstić information content (AvgIpc) is 3.09. The number of aromatic nitrogens is 3. The molecule has 2 N–H and O–H groups in total. The average molecular weight is 339 g/mol. The summed E-state index contributed by atoms with van der Waals surface area (Å²) in [4.78, 5) is 8.61. The third-order valence-corrected chi connectivity index (χ3v) is 3.47. The summed E-state index contributed by atoms with van der Waals surface area (Å²) in [6.45, 7) is 5.07. The fourth-order valence-electron chi connectivity index (χ4n) is 2.17. The summed E-state index contributed by atoms with van der Waals surface area (Å²) in [7, 11) is 1.64. The summed E-state index contributed by atoms with van der Waals surface area (Å²) in [6, 6.07) is 11.2. The van der Waals surface area contributed by atoms with Crippen LogP contribution in [0.15, 0.2) is 47.1 Å². The number of hydrogen-bond donors (Lipinski definition) is 2. The lowest BCUT2D eigenvalue weighted by Crippen LogP contribution is -2.10. The van der Waals surface area contributed by atoms with E-state index in [1.807, 2.05) is 30.3 Å². The summed E-state index contributed by atoms with van der Waals surface area (Å²) in [5, 5.41) is 10.4. The maximum atomic E-state index is 5.34. The van der Waals surface area contributed by atoms with Gasteiger partial charge in [-0.3, -0.25) is 0 Å². The molecular formula is C18H21N5O2. The Morgan fingerprint density at radius 2 is 1.96 bits per heavy atom. The first-order valence-corrected chi connectivity index (χ1v) is 8.09. The molecule has 2 aromatic heterocycles. The van der Waals surface area contributed by atoms with Crippen LogP contribution in [0.3, 0.4) is 0 Å². The number of methoxy groups -OCH3 is 1. The van der Waals surface area contributed by atoms with E-state index in [1.54, 1.807) is 19.4 Å². The molecule has 3 aromatic rings. The van der Waals surface area contributed by atoms with Gasteiger partial charge < -0.3 is 19.9 Å². The molecule has 3 rings (SSSR count). The second kappa shape index (κ2) is 7.65. The van der Waals surface area contributed by atoms with E-state index < -0.39 is 0 Å². The van der Waals surface area contributed by atoms with E-state index in [-0.39, 0.29) is 0 Å². The minimum absolute atomic E-state index is 0.513. The fraction of sp³-hybridized carbons (Fsp3) is 0.278. The van der Waals surface area contributed by atoms with Crippen molar-refractivity contribution in [1.82, 2.24) is 15.1 Å². The van der Waals surface area contributed by atoms with Gasteiger partial charge in [-0.05, 0) is 36.2 Å². The summed E-state index contributed by atoms with van der Waals surface area (Å²) < 4.78 is 10.5. The zero-order valence-corrected chi connectivity index (χ0v) is 14.5. The third-order valence-electron chi connectivity index (χ3n) is 3.47. The maximum Gasteiger partial charge on any atom is 0.230 e. The fourth-order valence-corrected chi connectivity index (χ4v) is 2.17. The molecule has 0 saturated carbocycles. The molecular weight excluding hydrogens is 318 g/mol. The van der Waals surface area contributed by atoms with Crippen LogP contribution in [0.4, 0.5) is 17.7 Å². The highest BCUT2D eigenvalue weighted by Gasteiger charge is 2.08. The van der Waals surface area contributed by atoms with Crippen molar-refractivity contribution in [3.63, 3.8) is 0 Å². The summed E-state index contributed by atoms with van der Waals surface area (Å²) in [6.07, 6.45) is 1.69. The normalized spacial score (nSPS) is 10.7. The number of benzene rings is 1. The number of anilines is 3. The van der Waals surface area contributed by atoms with Crippen molar-refractivity contribution < 1.29 is 9.26 Å². The van der Waals surface area contributed by atoms with Gasteiger partial charge in [-0.2, -0.15) is 4.98 Å². The lowest BCUT2D eigenvalue weighted by Gasteiger charge is -2.08. The second-order valence-electron chi connectivity index (χ2n) is 5.97. The Morgan fingerprint density at radius 3 is 2.68 bits per heavy atom. The first-order valence-electron chi connectivity index (χ1n) is 8.09. The minimum Gasteiger partial charge on any atom is -0.497 e. The van der Waals surface area contributed by atoms with Crippen LogP contribution in [0.25, 0.3) is 11.3 Å². The highest BCUT2D eigenvalue weighted by atomic mass is 16.5. The van der Waals surface area contributed by atoms with Crippen molar-refractivity contribution in [3.05, 3.63) is 42.6 Å². The smallest absolute Gasteiger partial charge is 0.230 e. The molecule has 0 bridgehead atoms. The molecule has 25 heavy (non-hydrogen) atoms. The summed E-state index contributed by atoms with van der Waals surface area (Å²) >= 11 is 0. The Labute approximate surface area is 146 Å². The van der Waals surface area contributed by atoms with Crippen molar-refractivity contribution in [2.24, 2.45) is 5.92 Å². The SMILES string of the molecule is COc1ccc(-c2cc(Nc3ccnc(NCC(C)C)n3)on2)cc1. The molecule has 2 heterocycles. The van der Waals surface area contributed by atoms with Gasteiger partial charge in [0, 0.05) is 24.4 Å². The van der Waals surface area contributed by atoms with E-state index in [9.17, 15) is 0 Å². The van der Waals surface area contributed by atoms with Crippen LogP contribution in [0.2, 0.25) is 0 Å². The van der Waals surface area contributed by atoms with Gasteiger partial charge in [-0.25, -0.2) is 4.98 Å². The largest absolute Gasteiger partial charge is 0.497 e. The Morgan fingerprint density at radius 1 is 1.16 bits per heavy atom. The van der Waals surface area contributed by atoms with E-state index in [1.165, 1.54) is 0 Å². The van der Waals surface area contributed by atoms with Crippen LogP contribution in [-0.2, 0) is 0 Å². The molecule has 0 radical (unpaired) electrons. The van der Waals surface area contributed by atoms with Gasteiger partial charge in [0.2, 0.25) is 11.8 Å². The quantitative estimate of drug-likeness (QED) is 0.674. The molecule has 0 unspecified atom stereocenters. The van der Waals surface area contributed by atoms with Gasteiger partial charge >= 0.3 is 0 Å². The Hall–Kier alpha value is -3.09. The first kappa shape index (κ1) is 16.8. The number of hydrogen-bond acceptors (Lipinski definition) is 7. The van der Waals surface area contributed by atoms with Crippen LogP contribution >= 0.6 is 0 Å². The van der Waals surface area contributed by atoms with Gasteiger partial charge in [-0.15, -0.1) is 0 Å². The molecule has 0 aliphatic heterocycles. The van der Waals surface area contributed by atoms with Crippen LogP contribution in [0, 0.1) is 5.92 Å². The number of rotatable bonds is 7. The lowest BCUT2D eigenvalue weighted by atomic mass is 10.1. The van der Waals surface area contributed by atoms with Gasteiger partial charge in [-0.1, -0.05) is 19.0 Å². The van der Waals surface area contributed by atoms with Crippen molar-refractivity contribution in [1.29, 1.82) is 0 Å². The van der Waals surface area contributed by atoms with Crippen LogP contribution in [0.1, 0.15) is 13.8 Å². The highest BCUT2D eigenvalue weighted by molar-refractivity contribution is 5.64. The molecule has 0 spiro atoms. The van der Waals surface area contributed by atoms with E-state index in [0.717, 1.165) is 23.6 Å². The molecule has 130 valence electrons. The Kier molecular flexibility index (Phi) is 5.13. The zero-order valence-electron chi connectivity index (χ0n) is 14.5. The van der Waals surface area contributed by atoms with Gasteiger partial charge in [0.1, 0.15) is 17.3 Å². The number of ether oxygens (including phenoxy) is 1. The standard InChI is InChI=1S/C18H21N5O2/c1-12(2)11-20-18-19-9-8-16(22-18)21-17-10-15(23-25-17)13-4-6-14(24-3)7-5-13/h4-10,12H,11H2,1-3H3,(H2,19,20,21,22). The van der Waals surface area contributed by atoms with Crippen LogP contribution < -0.4 is 15.4 Å². The monoisotopic (exact) mass is 339 g/mol. The van der Waals surface area contributed by atoms with Crippen molar-refractivity contribution in [2.45, 2.75) is 13.8 Å². The minimum atomic E-state index is 0.513. The highest BCUT2D eigenvalue weighted by Crippen LogP contribution is 2.25. The predicted molar refractivity (Wildman–Crippen MR) is 97.1 cm³/mol. The van der Waals surface area contributed by atoms with Crippen LogP contribution in [-0.4, -0.2) is 28.8 Å². The van der Waals surface area contributed by atoms with Crippen molar-refractivity contribution >= 4 is 17.7 Å². The molecule has 7 heteroatoms. The zero-order chi connectivity index (χ0) is 17.6. The van der Waals surface area contributed by atoms with Gasteiger partial charge in [0.25, 0.3) is 0 Å². The van der Waals surface area contributed by atoms with Crippen molar-refractivity contribution in [3.8, 4) is 17.0 Å². The molecule has 0 atom stereocenters. The Balaban J connectivity index is 1.69. The molecule has 0 aliphatic rings. The third kappa shape index (κ3) is 4.47. The van der Waals surface area contributed by atoms with E-state index in [0.29, 0.717) is 23.6 Å². The van der Waals surface area contributed by atoms with E-state index >= 15 is 0 Å². The molecule has 0 saturated heterocycles. The first-order chi connectivity index (χ1) is 12.1. The summed E-state index contributed by atoms with van der Waals surface area (Å²) in [5.74, 6) is 3.04. The number of nitrogens with one attached hydrogen (secondary N) is 2. The lowest BCUT2D eigenvalue weighted by molar-refractivity contribution is 0.415. The van der Waals surface area contributed by atoms with Gasteiger partial charge in [0.15, 0.2) is 0 Å². The molecule has 0 aliphatic carbocycles. The predicted octanol–water partition coefficient (Wildman–Crippen LogP) is 3.95. The Bertz CT molecular complexity index is 814. The molecule has 7 nitrogen and oxygen atoms in total. The molecule has 1 aromatic carbocycles. The van der Waals surface area contributed by atoms with Crippen molar-refractivity contribution in [2.75, 3.05) is 24.3 Å². The van der Waals surface area contributed by atoms with Crippen LogP contribution in [0.5, 0.6) is 5.75 Å². The van der Waals surface area contributed by atoms with Gasteiger partial charge in [0.05, 0.1) is 7.11 Å². The summed E-state index contributed by atoms with van der Waals surface area (Å²) in [5.41, 5.74) is 1.68.